The van der Waals surface area contributed by atoms with Crippen molar-refractivity contribution in [3.63, 3.8) is 0 Å². The van der Waals surface area contributed by atoms with Crippen molar-refractivity contribution in [3.05, 3.63) is 76.8 Å². The number of nitrogens with zero attached hydrogens (tertiary/aromatic N) is 1. The van der Waals surface area contributed by atoms with Crippen LogP contribution in [0.5, 0.6) is 23.0 Å². The number of anilines is 1. The first kappa shape index (κ1) is 28.5. The van der Waals surface area contributed by atoms with Crippen molar-refractivity contribution >= 4 is 17.3 Å². The van der Waals surface area contributed by atoms with Gasteiger partial charge in [0.15, 0.2) is 0 Å². The summed E-state index contributed by atoms with van der Waals surface area (Å²) in [4.78, 5) is 2.35. The largest absolute Gasteiger partial charge is 0.495 e. The molecule has 0 unspecified atom stereocenters. The zero-order valence-electron chi connectivity index (χ0n) is 23.0. The van der Waals surface area contributed by atoms with E-state index in [1.165, 1.54) is 0 Å². The summed E-state index contributed by atoms with van der Waals surface area (Å²) >= 11 is 6.23. The van der Waals surface area contributed by atoms with Crippen LogP contribution in [0.15, 0.2) is 60.7 Å². The van der Waals surface area contributed by atoms with Crippen LogP contribution in [0.3, 0.4) is 0 Å². The zero-order chi connectivity index (χ0) is 27.9. The molecule has 0 bridgehead atoms. The van der Waals surface area contributed by atoms with Crippen LogP contribution in [-0.4, -0.2) is 70.9 Å². The van der Waals surface area contributed by atoms with Gasteiger partial charge in [0.25, 0.3) is 0 Å². The minimum Gasteiger partial charge on any atom is -0.495 e. The first-order valence-corrected chi connectivity index (χ1v) is 14.0. The Kier molecular flexibility index (Phi) is 9.67. The lowest BCUT2D eigenvalue weighted by molar-refractivity contribution is -0.0328. The second-order valence-corrected chi connectivity index (χ2v) is 10.5. The van der Waals surface area contributed by atoms with E-state index in [0.29, 0.717) is 48.6 Å². The molecular weight excluding hydrogens is 532 g/mol. The molecule has 1 fully saturated rings. The maximum Gasteiger partial charge on any atom is 0.142 e. The molecule has 214 valence electrons. The van der Waals surface area contributed by atoms with Gasteiger partial charge < -0.3 is 39.0 Å². The number of aliphatic hydroxyl groups is 1. The molecule has 1 saturated heterocycles. The van der Waals surface area contributed by atoms with E-state index in [1.54, 1.807) is 26.4 Å². The Morgan fingerprint density at radius 2 is 1.85 bits per heavy atom. The zero-order valence-corrected chi connectivity index (χ0v) is 23.7. The van der Waals surface area contributed by atoms with Crippen LogP contribution >= 0.6 is 11.6 Å². The molecule has 0 radical (unpaired) electrons. The highest BCUT2D eigenvalue weighted by molar-refractivity contribution is 6.32. The van der Waals surface area contributed by atoms with Crippen molar-refractivity contribution in [2.24, 2.45) is 0 Å². The minimum absolute atomic E-state index is 0.169. The van der Waals surface area contributed by atoms with Crippen LogP contribution in [0.2, 0.25) is 5.02 Å². The highest BCUT2D eigenvalue weighted by atomic mass is 35.5. The molecule has 2 aliphatic rings. The molecule has 9 heteroatoms. The average Bonchev–Trinajstić information content (AvgIpc) is 2.97. The fraction of sp³-hybridized carbons (Fsp3) is 0.419. The van der Waals surface area contributed by atoms with Gasteiger partial charge in [0.2, 0.25) is 0 Å². The van der Waals surface area contributed by atoms with Crippen molar-refractivity contribution in [1.82, 2.24) is 5.32 Å². The van der Waals surface area contributed by atoms with Gasteiger partial charge in [0.05, 0.1) is 43.2 Å². The number of fused-ring (bicyclic) bond motifs is 1. The number of β-amino-alcohol motifs (C(OH)–C–C–N with tert-alkyl or cyclic N) is 1. The molecule has 2 N–H and O–H groups in total. The molecule has 3 atom stereocenters. The Balaban J connectivity index is 1.25. The van der Waals surface area contributed by atoms with E-state index >= 15 is 0 Å². The van der Waals surface area contributed by atoms with Gasteiger partial charge in [-0.25, -0.2) is 0 Å². The van der Waals surface area contributed by atoms with Crippen molar-refractivity contribution in [2.75, 3.05) is 58.5 Å². The number of ether oxygens (including phenoxy) is 5. The van der Waals surface area contributed by atoms with Crippen molar-refractivity contribution in [2.45, 2.75) is 31.2 Å². The Bertz CT molecular complexity index is 1260. The highest BCUT2D eigenvalue weighted by Gasteiger charge is 2.34. The molecule has 2 heterocycles. The van der Waals surface area contributed by atoms with E-state index < -0.39 is 6.10 Å². The van der Waals surface area contributed by atoms with Gasteiger partial charge in [-0.05, 0) is 53.9 Å². The Morgan fingerprint density at radius 3 is 2.62 bits per heavy atom. The van der Waals surface area contributed by atoms with E-state index in [2.05, 4.69) is 22.3 Å². The third-order valence-electron chi connectivity index (χ3n) is 7.36. The SMILES string of the molecule is COCCCN1CCOc2ccc(CO[C@H]3CNC[C@@H](O)[C@@H]3c3ccc(Oc4ccc(OC)c(Cl)c4)cc3)cc21. The maximum atomic E-state index is 10.9. The monoisotopic (exact) mass is 568 g/mol. The third kappa shape index (κ3) is 6.82. The summed E-state index contributed by atoms with van der Waals surface area (Å²) in [5, 5.41) is 14.7. The lowest BCUT2D eigenvalue weighted by Gasteiger charge is -2.36. The predicted octanol–water partition coefficient (Wildman–Crippen LogP) is 5.01. The predicted molar refractivity (Wildman–Crippen MR) is 155 cm³/mol. The van der Waals surface area contributed by atoms with E-state index in [-0.39, 0.29) is 12.0 Å². The lowest BCUT2D eigenvalue weighted by atomic mass is 9.85. The number of rotatable bonds is 11. The highest BCUT2D eigenvalue weighted by Crippen LogP contribution is 2.35. The fourth-order valence-corrected chi connectivity index (χ4v) is 5.57. The van der Waals surface area contributed by atoms with E-state index in [1.807, 2.05) is 36.4 Å². The minimum atomic E-state index is -0.570. The van der Waals surface area contributed by atoms with Crippen molar-refractivity contribution in [3.8, 4) is 23.0 Å². The van der Waals surface area contributed by atoms with Crippen molar-refractivity contribution in [1.29, 1.82) is 0 Å². The number of aliphatic hydroxyl groups excluding tert-OH is 1. The smallest absolute Gasteiger partial charge is 0.142 e. The molecule has 0 saturated carbocycles. The topological polar surface area (TPSA) is 81.7 Å². The molecule has 2 aliphatic heterocycles. The van der Waals surface area contributed by atoms with E-state index in [4.69, 9.17) is 35.3 Å². The van der Waals surface area contributed by atoms with Crippen LogP contribution in [-0.2, 0) is 16.1 Å². The number of methoxy groups -OCH3 is 2. The Labute approximate surface area is 240 Å². The van der Waals surface area contributed by atoms with Gasteiger partial charge in [0, 0.05) is 45.3 Å². The molecule has 0 spiro atoms. The maximum absolute atomic E-state index is 10.9. The molecule has 0 aliphatic carbocycles. The number of hydrogen-bond acceptors (Lipinski definition) is 8. The summed E-state index contributed by atoms with van der Waals surface area (Å²) in [5.74, 6) is 2.63. The molecule has 8 nitrogen and oxygen atoms in total. The van der Waals surface area contributed by atoms with E-state index in [9.17, 15) is 5.11 Å². The third-order valence-corrected chi connectivity index (χ3v) is 7.66. The van der Waals surface area contributed by atoms with Gasteiger partial charge in [0.1, 0.15) is 29.6 Å². The molecule has 3 aromatic carbocycles. The Hall–Kier alpha value is -3.01. The molecule has 0 amide bonds. The van der Waals surface area contributed by atoms with E-state index in [0.717, 1.165) is 48.7 Å². The van der Waals surface area contributed by atoms with Gasteiger partial charge in [-0.15, -0.1) is 0 Å². The second-order valence-electron chi connectivity index (χ2n) is 10.1. The number of hydrogen-bond donors (Lipinski definition) is 2. The summed E-state index contributed by atoms with van der Waals surface area (Å²) in [6.07, 6.45) is 0.196. The van der Waals surface area contributed by atoms with Gasteiger partial charge in [-0.1, -0.05) is 29.8 Å². The molecular formula is C31H37ClN2O6. The van der Waals surface area contributed by atoms with Crippen LogP contribution in [0.4, 0.5) is 5.69 Å². The summed E-state index contributed by atoms with van der Waals surface area (Å²) in [6.45, 7) is 4.79. The number of nitrogens with one attached hydrogen (secondary N) is 1. The Morgan fingerprint density at radius 1 is 1.02 bits per heavy atom. The van der Waals surface area contributed by atoms with Gasteiger partial charge >= 0.3 is 0 Å². The van der Waals surface area contributed by atoms with Crippen molar-refractivity contribution < 1.29 is 28.8 Å². The van der Waals surface area contributed by atoms with Crippen LogP contribution in [0.25, 0.3) is 0 Å². The standard InChI is InChI=1S/C31H37ClN2O6/c1-36-14-3-12-34-13-15-38-29-10-4-21(16-26(29)34)20-39-30-19-33-18-27(35)31(30)22-5-7-23(8-6-22)40-24-9-11-28(37-2)25(32)17-24/h4-11,16-17,27,30-31,33,35H,3,12-15,18-20H2,1-2H3/t27-,30+,31+/m1/s1. The summed E-state index contributed by atoms with van der Waals surface area (Å²) < 4.78 is 28.7. The molecule has 5 rings (SSSR count). The van der Waals surface area contributed by atoms with Gasteiger partial charge in [-0.2, -0.15) is 0 Å². The van der Waals surface area contributed by atoms with Gasteiger partial charge in [-0.3, -0.25) is 0 Å². The second kappa shape index (κ2) is 13.6. The normalized spacial score (nSPS) is 20.5. The lowest BCUT2D eigenvalue weighted by Crippen LogP contribution is -2.49. The van der Waals surface area contributed by atoms with Crippen LogP contribution in [0, 0.1) is 0 Å². The first-order chi connectivity index (χ1) is 19.6. The summed E-state index contributed by atoms with van der Waals surface area (Å²) in [5.41, 5.74) is 3.17. The van der Waals surface area contributed by atoms with Crippen LogP contribution < -0.4 is 24.4 Å². The fourth-order valence-electron chi connectivity index (χ4n) is 5.32. The number of halogens is 1. The summed E-state index contributed by atoms with van der Waals surface area (Å²) in [6, 6.07) is 19.3. The number of benzene rings is 3. The quantitative estimate of drug-likeness (QED) is 0.313. The first-order valence-electron chi connectivity index (χ1n) is 13.7. The molecule has 3 aromatic rings. The molecule has 40 heavy (non-hydrogen) atoms. The van der Waals surface area contributed by atoms with Crippen LogP contribution in [0.1, 0.15) is 23.5 Å². The summed E-state index contributed by atoms with van der Waals surface area (Å²) in [7, 11) is 3.31. The average molecular weight is 569 g/mol. The number of piperidine rings is 1. The molecule has 0 aromatic heterocycles.